The van der Waals surface area contributed by atoms with E-state index in [1.165, 1.54) is 31.2 Å². The van der Waals surface area contributed by atoms with Gasteiger partial charge in [-0.25, -0.2) is 0 Å². The molecule has 1 fully saturated rings. The van der Waals surface area contributed by atoms with Crippen LogP contribution < -0.4 is 4.90 Å². The smallest absolute Gasteiger partial charge is 0.227 e. The Labute approximate surface area is 110 Å². The lowest BCUT2D eigenvalue weighted by molar-refractivity contribution is -0.117. The summed E-state index contributed by atoms with van der Waals surface area (Å²) in [6, 6.07) is 8.54. The molecule has 2 heteroatoms. The number of rotatable bonds is 6. The summed E-state index contributed by atoms with van der Waals surface area (Å²) in [5.41, 5.74) is 2.45. The molecule has 1 heterocycles. The predicted octanol–water partition coefficient (Wildman–Crippen LogP) is 3.94. The lowest BCUT2D eigenvalue weighted by Gasteiger charge is -2.15. The molecule has 0 aromatic heterocycles. The van der Waals surface area contributed by atoms with Gasteiger partial charge < -0.3 is 4.90 Å². The Balaban J connectivity index is 1.87. The second-order valence-corrected chi connectivity index (χ2v) is 5.13. The van der Waals surface area contributed by atoms with Crippen molar-refractivity contribution in [2.24, 2.45) is 0 Å². The molecular weight excluding hydrogens is 222 g/mol. The average Bonchev–Trinajstić information content (AvgIpc) is 2.82. The van der Waals surface area contributed by atoms with Crippen LogP contribution in [-0.4, -0.2) is 12.5 Å². The van der Waals surface area contributed by atoms with Crippen molar-refractivity contribution in [3.63, 3.8) is 0 Å². The molecule has 0 spiro atoms. The van der Waals surface area contributed by atoms with Gasteiger partial charge in [0.2, 0.25) is 5.91 Å². The zero-order chi connectivity index (χ0) is 12.8. The van der Waals surface area contributed by atoms with Crippen molar-refractivity contribution in [3.05, 3.63) is 29.8 Å². The summed E-state index contributed by atoms with van der Waals surface area (Å²) in [6.07, 6.45) is 8.08. The van der Waals surface area contributed by atoms with Gasteiger partial charge >= 0.3 is 0 Å². The standard InChI is InChI=1S/C16H23NO/c1-2-3-4-5-7-14-9-11-15(12-10-14)17-13-6-8-16(17)18/h9-12H,2-8,13H2,1H3. The van der Waals surface area contributed by atoms with Crippen LogP contribution in [0.2, 0.25) is 0 Å². The fourth-order valence-corrected chi connectivity index (χ4v) is 2.52. The molecule has 2 rings (SSSR count). The van der Waals surface area contributed by atoms with E-state index in [-0.39, 0.29) is 5.91 Å². The Morgan fingerprint density at radius 1 is 1.11 bits per heavy atom. The number of unbranched alkanes of at least 4 members (excludes halogenated alkanes) is 3. The fraction of sp³-hybridized carbons (Fsp3) is 0.562. The van der Waals surface area contributed by atoms with E-state index in [9.17, 15) is 4.79 Å². The van der Waals surface area contributed by atoms with Crippen LogP contribution in [0.3, 0.4) is 0 Å². The molecule has 0 bridgehead atoms. The minimum absolute atomic E-state index is 0.269. The van der Waals surface area contributed by atoms with E-state index in [0.717, 1.165) is 25.1 Å². The highest BCUT2D eigenvalue weighted by Gasteiger charge is 2.21. The van der Waals surface area contributed by atoms with Crippen molar-refractivity contribution in [1.29, 1.82) is 0 Å². The zero-order valence-corrected chi connectivity index (χ0v) is 11.3. The second-order valence-electron chi connectivity index (χ2n) is 5.13. The van der Waals surface area contributed by atoms with E-state index in [1.54, 1.807) is 0 Å². The third-order valence-electron chi connectivity index (χ3n) is 3.64. The summed E-state index contributed by atoms with van der Waals surface area (Å²) in [7, 11) is 0. The summed E-state index contributed by atoms with van der Waals surface area (Å²) >= 11 is 0. The number of anilines is 1. The van der Waals surface area contributed by atoms with Crippen molar-refractivity contribution >= 4 is 11.6 Å². The van der Waals surface area contributed by atoms with Gasteiger partial charge in [-0.05, 0) is 37.0 Å². The van der Waals surface area contributed by atoms with E-state index in [4.69, 9.17) is 0 Å². The highest BCUT2D eigenvalue weighted by atomic mass is 16.2. The van der Waals surface area contributed by atoms with Crippen molar-refractivity contribution in [1.82, 2.24) is 0 Å². The average molecular weight is 245 g/mol. The van der Waals surface area contributed by atoms with E-state index in [2.05, 4.69) is 31.2 Å². The van der Waals surface area contributed by atoms with Crippen molar-refractivity contribution in [3.8, 4) is 0 Å². The predicted molar refractivity (Wildman–Crippen MR) is 75.9 cm³/mol. The van der Waals surface area contributed by atoms with Gasteiger partial charge in [0.05, 0.1) is 0 Å². The highest BCUT2D eigenvalue weighted by Crippen LogP contribution is 2.22. The zero-order valence-electron chi connectivity index (χ0n) is 11.3. The van der Waals surface area contributed by atoms with Crippen LogP contribution in [0, 0.1) is 0 Å². The number of carbonyl (C=O) groups is 1. The number of hydrogen-bond acceptors (Lipinski definition) is 1. The monoisotopic (exact) mass is 245 g/mol. The molecule has 1 aliphatic heterocycles. The Morgan fingerprint density at radius 3 is 2.50 bits per heavy atom. The molecular formula is C16H23NO. The van der Waals surface area contributed by atoms with Crippen molar-refractivity contribution in [2.75, 3.05) is 11.4 Å². The summed E-state index contributed by atoms with van der Waals surface area (Å²) in [4.78, 5) is 13.5. The molecule has 1 aliphatic rings. The maximum Gasteiger partial charge on any atom is 0.227 e. The minimum Gasteiger partial charge on any atom is -0.312 e. The highest BCUT2D eigenvalue weighted by molar-refractivity contribution is 5.95. The maximum absolute atomic E-state index is 11.6. The minimum atomic E-state index is 0.269. The first-order valence-corrected chi connectivity index (χ1v) is 7.20. The maximum atomic E-state index is 11.6. The van der Waals surface area contributed by atoms with Crippen LogP contribution in [0.4, 0.5) is 5.69 Å². The molecule has 18 heavy (non-hydrogen) atoms. The summed E-state index contributed by atoms with van der Waals surface area (Å²) < 4.78 is 0. The number of aryl methyl sites for hydroxylation is 1. The van der Waals surface area contributed by atoms with Gasteiger partial charge in [-0.3, -0.25) is 4.79 Å². The van der Waals surface area contributed by atoms with E-state index in [1.807, 2.05) is 4.90 Å². The Kier molecular flexibility index (Phi) is 4.80. The van der Waals surface area contributed by atoms with Crippen LogP contribution in [0.15, 0.2) is 24.3 Å². The van der Waals surface area contributed by atoms with Crippen LogP contribution >= 0.6 is 0 Å². The van der Waals surface area contributed by atoms with Crippen LogP contribution in [0.5, 0.6) is 0 Å². The first-order valence-electron chi connectivity index (χ1n) is 7.20. The lowest BCUT2D eigenvalue weighted by atomic mass is 10.1. The first kappa shape index (κ1) is 13.1. The van der Waals surface area contributed by atoms with Gasteiger partial charge in [0.15, 0.2) is 0 Å². The number of amides is 1. The van der Waals surface area contributed by atoms with Gasteiger partial charge in [0.1, 0.15) is 0 Å². The van der Waals surface area contributed by atoms with E-state index >= 15 is 0 Å². The van der Waals surface area contributed by atoms with Crippen LogP contribution in [-0.2, 0) is 11.2 Å². The van der Waals surface area contributed by atoms with Crippen molar-refractivity contribution < 1.29 is 4.79 Å². The Morgan fingerprint density at radius 2 is 1.89 bits per heavy atom. The molecule has 0 aliphatic carbocycles. The summed E-state index contributed by atoms with van der Waals surface area (Å²) in [5.74, 6) is 0.269. The third-order valence-corrected chi connectivity index (χ3v) is 3.64. The fourth-order valence-electron chi connectivity index (χ4n) is 2.52. The molecule has 98 valence electrons. The Hall–Kier alpha value is -1.31. The normalized spacial score (nSPS) is 15.4. The van der Waals surface area contributed by atoms with Gasteiger partial charge in [-0.1, -0.05) is 38.3 Å². The Bertz CT molecular complexity index is 383. The molecule has 0 saturated carbocycles. The summed E-state index contributed by atoms with van der Waals surface area (Å²) in [6.45, 7) is 3.12. The molecule has 0 unspecified atom stereocenters. The van der Waals surface area contributed by atoms with Crippen LogP contribution in [0.25, 0.3) is 0 Å². The van der Waals surface area contributed by atoms with Gasteiger partial charge in [-0.15, -0.1) is 0 Å². The second kappa shape index (κ2) is 6.58. The number of carbonyl (C=O) groups excluding carboxylic acids is 1. The summed E-state index contributed by atoms with van der Waals surface area (Å²) in [5, 5.41) is 0. The SMILES string of the molecule is CCCCCCc1ccc(N2CCCC2=O)cc1. The molecule has 2 nitrogen and oxygen atoms in total. The first-order chi connectivity index (χ1) is 8.81. The van der Waals surface area contributed by atoms with Gasteiger partial charge in [0, 0.05) is 18.7 Å². The molecule has 1 saturated heterocycles. The number of nitrogens with zero attached hydrogens (tertiary/aromatic N) is 1. The lowest BCUT2D eigenvalue weighted by Crippen LogP contribution is -2.23. The van der Waals surface area contributed by atoms with E-state index in [0.29, 0.717) is 6.42 Å². The molecule has 0 radical (unpaired) electrons. The molecule has 0 atom stereocenters. The van der Waals surface area contributed by atoms with Crippen molar-refractivity contribution in [2.45, 2.75) is 51.9 Å². The van der Waals surface area contributed by atoms with Gasteiger partial charge in [-0.2, -0.15) is 0 Å². The topological polar surface area (TPSA) is 20.3 Å². The quantitative estimate of drug-likeness (QED) is 0.695. The number of hydrogen-bond donors (Lipinski definition) is 0. The van der Waals surface area contributed by atoms with Crippen LogP contribution in [0.1, 0.15) is 51.0 Å². The third kappa shape index (κ3) is 3.34. The molecule has 0 N–H and O–H groups in total. The number of benzene rings is 1. The molecule has 1 aromatic rings. The van der Waals surface area contributed by atoms with Gasteiger partial charge in [0.25, 0.3) is 0 Å². The molecule has 1 aromatic carbocycles. The molecule has 1 amide bonds. The largest absolute Gasteiger partial charge is 0.312 e. The van der Waals surface area contributed by atoms with E-state index < -0.39 is 0 Å².